The van der Waals surface area contributed by atoms with E-state index < -0.39 is 18.5 Å². The van der Waals surface area contributed by atoms with Crippen LogP contribution >= 0.6 is 11.6 Å². The summed E-state index contributed by atoms with van der Waals surface area (Å²) >= 11 is 6.06. The van der Waals surface area contributed by atoms with Gasteiger partial charge in [-0.2, -0.15) is 18.3 Å². The van der Waals surface area contributed by atoms with Crippen molar-refractivity contribution in [3.8, 4) is 5.75 Å². The maximum Gasteiger partial charge on any atom is 0.394 e. The Balaban J connectivity index is 1.89. The SMILES string of the molecule is Cc1ccc(Cl)c(OCc2ccc(C(=O)N/N=C/CC(F)(F)F)cc2)c1. The van der Waals surface area contributed by atoms with Crippen LogP contribution < -0.4 is 10.2 Å². The van der Waals surface area contributed by atoms with Crippen molar-refractivity contribution in [3.63, 3.8) is 0 Å². The molecule has 0 aliphatic rings. The van der Waals surface area contributed by atoms with Crippen molar-refractivity contribution in [1.82, 2.24) is 5.43 Å². The summed E-state index contributed by atoms with van der Waals surface area (Å²) in [5, 5.41) is 3.77. The predicted octanol–water partition coefficient (Wildman–Crippen LogP) is 4.90. The number of carbonyl (C=O) groups is 1. The topological polar surface area (TPSA) is 50.7 Å². The highest BCUT2D eigenvalue weighted by Gasteiger charge is 2.25. The van der Waals surface area contributed by atoms with Crippen molar-refractivity contribution in [3.05, 3.63) is 64.2 Å². The molecule has 0 spiro atoms. The third kappa shape index (κ3) is 6.40. The summed E-state index contributed by atoms with van der Waals surface area (Å²) in [6, 6.07) is 11.9. The Kier molecular flexibility index (Phi) is 6.63. The molecule has 1 N–H and O–H groups in total. The van der Waals surface area contributed by atoms with Crippen molar-refractivity contribution in [2.45, 2.75) is 26.1 Å². The maximum atomic E-state index is 12.0. The van der Waals surface area contributed by atoms with Crippen molar-refractivity contribution < 1.29 is 22.7 Å². The maximum absolute atomic E-state index is 12.0. The largest absolute Gasteiger partial charge is 0.487 e. The first-order valence-electron chi connectivity index (χ1n) is 7.61. The fraction of sp³-hybridized carbons (Fsp3) is 0.222. The summed E-state index contributed by atoms with van der Waals surface area (Å²) in [5.41, 5.74) is 4.14. The molecule has 26 heavy (non-hydrogen) atoms. The molecule has 0 saturated carbocycles. The Morgan fingerprint density at radius 2 is 1.92 bits per heavy atom. The number of nitrogens with one attached hydrogen (secondary N) is 1. The van der Waals surface area contributed by atoms with Crippen molar-refractivity contribution in [2.75, 3.05) is 0 Å². The quantitative estimate of drug-likeness (QED) is 0.569. The van der Waals surface area contributed by atoms with Crippen LogP contribution in [0.3, 0.4) is 0 Å². The third-order valence-electron chi connectivity index (χ3n) is 3.28. The van der Waals surface area contributed by atoms with Gasteiger partial charge in [-0.3, -0.25) is 4.79 Å². The lowest BCUT2D eigenvalue weighted by molar-refractivity contribution is -0.120. The number of rotatable bonds is 6. The number of alkyl halides is 3. The number of hydrogen-bond acceptors (Lipinski definition) is 3. The predicted molar refractivity (Wildman–Crippen MR) is 93.6 cm³/mol. The van der Waals surface area contributed by atoms with E-state index in [1.54, 1.807) is 18.2 Å². The zero-order valence-corrected chi connectivity index (χ0v) is 14.6. The molecule has 0 aromatic heterocycles. The van der Waals surface area contributed by atoms with Gasteiger partial charge in [-0.25, -0.2) is 5.43 Å². The molecule has 0 saturated heterocycles. The van der Waals surface area contributed by atoms with Gasteiger partial charge in [0.2, 0.25) is 0 Å². The van der Waals surface area contributed by atoms with Crippen LogP contribution in [-0.4, -0.2) is 18.3 Å². The van der Waals surface area contributed by atoms with Crippen molar-refractivity contribution in [2.24, 2.45) is 5.10 Å². The molecule has 0 atom stereocenters. The molecule has 0 radical (unpaired) electrons. The van der Waals surface area contributed by atoms with Crippen LogP contribution in [0, 0.1) is 6.92 Å². The second-order valence-electron chi connectivity index (χ2n) is 5.49. The molecule has 0 aliphatic carbocycles. The molecular weight excluding hydrogens is 369 g/mol. The molecule has 4 nitrogen and oxygen atoms in total. The van der Waals surface area contributed by atoms with Crippen LogP contribution in [0.2, 0.25) is 5.02 Å². The lowest BCUT2D eigenvalue weighted by Gasteiger charge is -2.09. The highest BCUT2D eigenvalue weighted by atomic mass is 35.5. The normalized spacial score (nSPS) is 11.6. The van der Waals surface area contributed by atoms with Crippen molar-refractivity contribution in [1.29, 1.82) is 0 Å². The van der Waals surface area contributed by atoms with Gasteiger partial charge in [-0.1, -0.05) is 29.8 Å². The van der Waals surface area contributed by atoms with Crippen molar-refractivity contribution >= 4 is 23.7 Å². The average molecular weight is 385 g/mol. The first kappa shape index (κ1) is 19.8. The standard InChI is InChI=1S/C18H16ClF3N2O2/c1-12-2-7-15(19)16(10-12)26-11-13-3-5-14(6-4-13)17(25)24-23-9-8-18(20,21)22/h2-7,9-10H,8,11H2,1H3,(H,24,25)/b23-9+. The minimum atomic E-state index is -4.35. The van der Waals surface area contributed by atoms with Gasteiger partial charge in [0.15, 0.2) is 0 Å². The number of hydrogen-bond donors (Lipinski definition) is 1. The van der Waals surface area contributed by atoms with Gasteiger partial charge in [-0.05, 0) is 42.3 Å². The summed E-state index contributed by atoms with van der Waals surface area (Å²) in [5.74, 6) is -0.0369. The van der Waals surface area contributed by atoms with Gasteiger partial charge in [0, 0.05) is 11.8 Å². The molecule has 2 aromatic rings. The number of halogens is 4. The van der Waals surface area contributed by atoms with Gasteiger partial charge in [-0.15, -0.1) is 0 Å². The zero-order chi connectivity index (χ0) is 19.2. The lowest BCUT2D eigenvalue weighted by atomic mass is 10.1. The summed E-state index contributed by atoms with van der Waals surface area (Å²) in [4.78, 5) is 11.8. The van der Waals surface area contributed by atoms with E-state index in [-0.39, 0.29) is 12.2 Å². The van der Waals surface area contributed by atoms with E-state index in [0.717, 1.165) is 11.1 Å². The molecule has 8 heteroatoms. The second kappa shape index (κ2) is 8.71. The molecular formula is C18H16ClF3N2O2. The van der Waals surface area contributed by atoms with E-state index in [1.165, 1.54) is 12.1 Å². The number of carbonyl (C=O) groups excluding carboxylic acids is 1. The van der Waals surface area contributed by atoms with Gasteiger partial charge in [0.25, 0.3) is 5.91 Å². The number of benzene rings is 2. The molecule has 0 fully saturated rings. The number of ether oxygens (including phenoxy) is 1. The third-order valence-corrected chi connectivity index (χ3v) is 3.59. The highest BCUT2D eigenvalue weighted by Crippen LogP contribution is 2.26. The van der Waals surface area contributed by atoms with E-state index in [9.17, 15) is 18.0 Å². The van der Waals surface area contributed by atoms with Crippen LogP contribution in [0.4, 0.5) is 13.2 Å². The Bertz CT molecular complexity index is 790. The Hall–Kier alpha value is -2.54. The molecule has 2 aromatic carbocycles. The molecule has 0 unspecified atom stereocenters. The average Bonchev–Trinajstić information content (AvgIpc) is 2.59. The minimum absolute atomic E-state index is 0.259. The van der Waals surface area contributed by atoms with Gasteiger partial charge in [0.1, 0.15) is 12.4 Å². The molecule has 138 valence electrons. The van der Waals surface area contributed by atoms with Crippen LogP contribution in [0.25, 0.3) is 0 Å². The van der Waals surface area contributed by atoms with E-state index >= 15 is 0 Å². The molecule has 0 bridgehead atoms. The summed E-state index contributed by atoms with van der Waals surface area (Å²) in [7, 11) is 0. The molecule has 1 amide bonds. The first-order chi connectivity index (χ1) is 12.2. The monoisotopic (exact) mass is 384 g/mol. The van der Waals surface area contributed by atoms with E-state index in [1.807, 2.05) is 24.5 Å². The van der Waals surface area contributed by atoms with Gasteiger partial charge >= 0.3 is 6.18 Å². The fourth-order valence-electron chi connectivity index (χ4n) is 1.95. The smallest absolute Gasteiger partial charge is 0.394 e. The summed E-state index contributed by atoms with van der Waals surface area (Å²) in [6.45, 7) is 2.18. The van der Waals surface area contributed by atoms with Crippen LogP contribution in [0.15, 0.2) is 47.6 Å². The molecule has 2 rings (SSSR count). The van der Waals surface area contributed by atoms with E-state index in [0.29, 0.717) is 17.0 Å². The Morgan fingerprint density at radius 3 is 2.58 bits per heavy atom. The number of aryl methyl sites for hydroxylation is 1. The molecule has 0 heterocycles. The van der Waals surface area contributed by atoms with Gasteiger partial charge < -0.3 is 4.74 Å². The second-order valence-corrected chi connectivity index (χ2v) is 5.90. The van der Waals surface area contributed by atoms with Crippen LogP contribution in [0.5, 0.6) is 5.75 Å². The Morgan fingerprint density at radius 1 is 1.23 bits per heavy atom. The fourth-order valence-corrected chi connectivity index (χ4v) is 2.12. The van der Waals surface area contributed by atoms with Gasteiger partial charge in [0.05, 0.1) is 11.4 Å². The van der Waals surface area contributed by atoms with Crippen LogP contribution in [0.1, 0.15) is 27.9 Å². The Labute approximate surface area is 153 Å². The number of amides is 1. The molecule has 0 aliphatic heterocycles. The summed E-state index contributed by atoms with van der Waals surface area (Å²) < 4.78 is 41.5. The van der Waals surface area contributed by atoms with E-state index in [4.69, 9.17) is 16.3 Å². The number of hydrazone groups is 1. The number of nitrogens with zero attached hydrogens (tertiary/aromatic N) is 1. The zero-order valence-electron chi connectivity index (χ0n) is 13.8. The van der Waals surface area contributed by atoms with E-state index in [2.05, 4.69) is 5.10 Å². The minimum Gasteiger partial charge on any atom is -0.487 e. The van der Waals surface area contributed by atoms with Crippen LogP contribution in [-0.2, 0) is 6.61 Å². The summed E-state index contributed by atoms with van der Waals surface area (Å²) in [6.07, 6.45) is -4.95. The first-order valence-corrected chi connectivity index (χ1v) is 7.99. The lowest BCUT2D eigenvalue weighted by Crippen LogP contribution is -2.18. The highest BCUT2D eigenvalue weighted by molar-refractivity contribution is 6.32.